The zero-order chi connectivity index (χ0) is 17.5. The summed E-state index contributed by atoms with van der Waals surface area (Å²) in [5.74, 6) is 0.819. The van der Waals surface area contributed by atoms with Crippen molar-refractivity contribution < 1.29 is 18.7 Å². The quantitative estimate of drug-likeness (QED) is 0.728. The molecule has 3 rings (SSSR count). The minimum Gasteiger partial charge on any atom is -0.486 e. The summed E-state index contributed by atoms with van der Waals surface area (Å²) >= 11 is 0. The average molecular weight is 343 g/mol. The van der Waals surface area contributed by atoms with Crippen LogP contribution in [0.2, 0.25) is 0 Å². The van der Waals surface area contributed by atoms with E-state index >= 15 is 0 Å². The third kappa shape index (κ3) is 5.00. The third-order valence-corrected chi connectivity index (χ3v) is 3.99. The van der Waals surface area contributed by atoms with Crippen LogP contribution in [0.15, 0.2) is 46.9 Å². The van der Waals surface area contributed by atoms with E-state index in [-0.39, 0.29) is 18.4 Å². The summed E-state index contributed by atoms with van der Waals surface area (Å²) in [4.78, 5) is 23.7. The van der Waals surface area contributed by atoms with Gasteiger partial charge in [0.25, 0.3) is 0 Å². The van der Waals surface area contributed by atoms with Crippen LogP contribution in [-0.2, 0) is 6.61 Å². The van der Waals surface area contributed by atoms with Crippen LogP contribution in [0, 0.1) is 0 Å². The fraction of sp³-hybridized carbons (Fsp3) is 0.333. The number of hydrogen-bond acceptors (Lipinski definition) is 4. The van der Waals surface area contributed by atoms with Crippen molar-refractivity contribution in [3.8, 4) is 5.75 Å². The summed E-state index contributed by atoms with van der Waals surface area (Å²) in [6.07, 6.45) is 4.20. The van der Waals surface area contributed by atoms with Crippen LogP contribution in [-0.4, -0.2) is 18.0 Å². The first-order valence-electron chi connectivity index (χ1n) is 8.34. The molecule has 0 radical (unpaired) electrons. The number of amides is 3. The smallest absolute Gasteiger partial charge is 0.333 e. The maximum absolute atomic E-state index is 12.0. The van der Waals surface area contributed by atoms with Gasteiger partial charge in [0.1, 0.15) is 18.1 Å². The Morgan fingerprint density at radius 2 is 1.80 bits per heavy atom. The fourth-order valence-electron chi connectivity index (χ4n) is 2.72. The summed E-state index contributed by atoms with van der Waals surface area (Å²) in [5.41, 5.74) is 4.66. The van der Waals surface area contributed by atoms with E-state index in [4.69, 9.17) is 9.15 Å². The minimum absolute atomic E-state index is 0.104. The van der Waals surface area contributed by atoms with E-state index in [1.54, 1.807) is 6.07 Å². The molecule has 0 spiro atoms. The summed E-state index contributed by atoms with van der Waals surface area (Å²) < 4.78 is 11.0. The normalized spacial score (nSPS) is 14.1. The molecule has 0 aliphatic heterocycles. The van der Waals surface area contributed by atoms with Crippen LogP contribution < -0.4 is 20.9 Å². The topological polar surface area (TPSA) is 92.6 Å². The molecule has 0 unspecified atom stereocenters. The Kier molecular flexibility index (Phi) is 5.56. The average Bonchev–Trinajstić information content (AvgIpc) is 3.30. The van der Waals surface area contributed by atoms with Crippen LogP contribution in [0.5, 0.6) is 5.75 Å². The van der Waals surface area contributed by atoms with Crippen molar-refractivity contribution in [2.45, 2.75) is 38.3 Å². The summed E-state index contributed by atoms with van der Waals surface area (Å²) in [7, 11) is 0. The lowest BCUT2D eigenvalue weighted by Crippen LogP contribution is -2.49. The highest BCUT2D eigenvalue weighted by Gasteiger charge is 2.18. The first-order valence-corrected chi connectivity index (χ1v) is 8.34. The second-order valence-electron chi connectivity index (χ2n) is 5.90. The fourth-order valence-corrected chi connectivity index (χ4v) is 2.72. The molecule has 3 amide bonds. The molecular weight excluding hydrogens is 322 g/mol. The van der Waals surface area contributed by atoms with Gasteiger partial charge < -0.3 is 14.5 Å². The van der Waals surface area contributed by atoms with Gasteiger partial charge in [-0.2, -0.15) is 0 Å². The molecule has 7 heteroatoms. The van der Waals surface area contributed by atoms with Gasteiger partial charge in [-0.05, 0) is 37.1 Å². The van der Waals surface area contributed by atoms with Gasteiger partial charge in [0.2, 0.25) is 0 Å². The Hall–Kier alpha value is -2.96. The molecule has 1 aliphatic rings. The lowest BCUT2D eigenvalue weighted by molar-refractivity contribution is 0.0904. The SMILES string of the molecule is O=C(NNC(=O)c1ccc(COc2ccccc2)o1)NC1CCCC1. The maximum atomic E-state index is 12.0. The van der Waals surface area contributed by atoms with Gasteiger partial charge in [0.15, 0.2) is 5.76 Å². The largest absolute Gasteiger partial charge is 0.486 e. The van der Waals surface area contributed by atoms with Crippen molar-refractivity contribution >= 4 is 11.9 Å². The van der Waals surface area contributed by atoms with Gasteiger partial charge in [-0.25, -0.2) is 10.2 Å². The molecule has 132 valence electrons. The maximum Gasteiger partial charge on any atom is 0.333 e. The van der Waals surface area contributed by atoms with Crippen LogP contribution in [0.25, 0.3) is 0 Å². The van der Waals surface area contributed by atoms with E-state index in [0.29, 0.717) is 5.76 Å². The Morgan fingerprint density at radius 3 is 2.56 bits per heavy atom. The van der Waals surface area contributed by atoms with Gasteiger partial charge in [-0.1, -0.05) is 31.0 Å². The molecule has 0 atom stereocenters. The number of furan rings is 1. The van der Waals surface area contributed by atoms with E-state index in [9.17, 15) is 9.59 Å². The molecule has 3 N–H and O–H groups in total. The number of benzene rings is 1. The zero-order valence-electron chi connectivity index (χ0n) is 13.8. The van der Waals surface area contributed by atoms with E-state index in [1.165, 1.54) is 6.07 Å². The van der Waals surface area contributed by atoms with E-state index in [0.717, 1.165) is 31.4 Å². The van der Waals surface area contributed by atoms with E-state index in [1.807, 2.05) is 30.3 Å². The Morgan fingerprint density at radius 1 is 1.04 bits per heavy atom. The summed E-state index contributed by atoms with van der Waals surface area (Å²) in [6.45, 7) is 0.215. The highest BCUT2D eigenvalue weighted by atomic mass is 16.5. The van der Waals surface area contributed by atoms with Gasteiger partial charge in [-0.3, -0.25) is 10.2 Å². The number of hydrazine groups is 1. The second-order valence-corrected chi connectivity index (χ2v) is 5.90. The Bertz CT molecular complexity index is 708. The monoisotopic (exact) mass is 343 g/mol. The van der Waals surface area contributed by atoms with Gasteiger partial charge >= 0.3 is 11.9 Å². The number of carbonyl (C=O) groups excluding carboxylic acids is 2. The molecule has 1 fully saturated rings. The number of nitrogens with one attached hydrogen (secondary N) is 3. The molecule has 1 aromatic carbocycles. The molecular formula is C18H21N3O4. The number of carbonyl (C=O) groups is 2. The van der Waals surface area contributed by atoms with Crippen LogP contribution >= 0.6 is 0 Å². The number of urea groups is 1. The minimum atomic E-state index is -0.521. The van der Waals surface area contributed by atoms with Crippen molar-refractivity contribution in [1.29, 1.82) is 0 Å². The van der Waals surface area contributed by atoms with E-state index in [2.05, 4.69) is 16.2 Å². The number of hydrogen-bond donors (Lipinski definition) is 3. The molecule has 1 aliphatic carbocycles. The molecule has 1 aromatic heterocycles. The molecule has 1 saturated carbocycles. The Labute approximate surface area is 145 Å². The van der Waals surface area contributed by atoms with E-state index < -0.39 is 11.9 Å². The standard InChI is InChI=1S/C18H21N3O4/c22-17(20-21-18(23)19-13-6-4-5-7-13)16-11-10-15(25-16)12-24-14-8-2-1-3-9-14/h1-3,8-11,13H,4-7,12H2,(H,20,22)(H2,19,21,23). The summed E-state index contributed by atoms with van der Waals surface area (Å²) in [5, 5.41) is 2.81. The predicted molar refractivity (Wildman–Crippen MR) is 90.9 cm³/mol. The van der Waals surface area contributed by atoms with Crippen molar-refractivity contribution in [3.05, 3.63) is 54.0 Å². The first kappa shape index (κ1) is 16.9. The highest BCUT2D eigenvalue weighted by Crippen LogP contribution is 2.17. The lowest BCUT2D eigenvalue weighted by atomic mass is 10.3. The zero-order valence-corrected chi connectivity index (χ0v) is 13.8. The van der Waals surface area contributed by atoms with Crippen molar-refractivity contribution in [2.24, 2.45) is 0 Å². The lowest BCUT2D eigenvalue weighted by Gasteiger charge is -2.12. The summed E-state index contributed by atoms with van der Waals surface area (Å²) in [6, 6.07) is 12.3. The molecule has 0 bridgehead atoms. The third-order valence-electron chi connectivity index (χ3n) is 3.99. The first-order chi connectivity index (χ1) is 12.2. The molecule has 7 nitrogen and oxygen atoms in total. The predicted octanol–water partition coefficient (Wildman–Crippen LogP) is 2.75. The number of ether oxygens (including phenoxy) is 1. The van der Waals surface area contributed by atoms with Crippen molar-refractivity contribution in [2.75, 3.05) is 0 Å². The second kappa shape index (κ2) is 8.23. The van der Waals surface area contributed by atoms with Crippen LogP contribution in [0.4, 0.5) is 4.79 Å². The van der Waals surface area contributed by atoms with Crippen LogP contribution in [0.1, 0.15) is 42.0 Å². The van der Waals surface area contributed by atoms with Gasteiger partial charge in [0, 0.05) is 6.04 Å². The molecule has 25 heavy (non-hydrogen) atoms. The highest BCUT2D eigenvalue weighted by molar-refractivity contribution is 5.92. The Balaban J connectivity index is 1.43. The van der Waals surface area contributed by atoms with Crippen LogP contribution in [0.3, 0.4) is 0 Å². The number of rotatable bonds is 5. The number of para-hydroxylation sites is 1. The molecule has 1 heterocycles. The van der Waals surface area contributed by atoms with Crippen molar-refractivity contribution in [3.63, 3.8) is 0 Å². The molecule has 0 saturated heterocycles. The van der Waals surface area contributed by atoms with Gasteiger partial charge in [-0.15, -0.1) is 0 Å². The van der Waals surface area contributed by atoms with Crippen molar-refractivity contribution in [1.82, 2.24) is 16.2 Å². The molecule has 2 aromatic rings. The van der Waals surface area contributed by atoms with Gasteiger partial charge in [0.05, 0.1) is 0 Å².